The van der Waals surface area contributed by atoms with Gasteiger partial charge in [-0.25, -0.2) is 4.68 Å². The van der Waals surface area contributed by atoms with Crippen molar-refractivity contribution < 1.29 is 4.74 Å². The van der Waals surface area contributed by atoms with Gasteiger partial charge in [0.25, 0.3) is 0 Å². The standard InChI is InChI=1S/C12H17N5O/c1-9(2)12-14-15-16-17(12)6-7-18-11-5-3-4-10(13)8-11/h3-5,8-9H,6-7,13H2,1-2H3. The number of nitrogens with two attached hydrogens (primary N) is 1. The van der Waals surface area contributed by atoms with Crippen LogP contribution in [0.15, 0.2) is 24.3 Å². The van der Waals surface area contributed by atoms with Crippen LogP contribution in [-0.2, 0) is 6.54 Å². The topological polar surface area (TPSA) is 78.8 Å². The summed E-state index contributed by atoms with van der Waals surface area (Å²) in [6.45, 7) is 5.24. The lowest BCUT2D eigenvalue weighted by Gasteiger charge is -2.09. The predicted molar refractivity (Wildman–Crippen MR) is 68.3 cm³/mol. The molecule has 0 bridgehead atoms. The minimum absolute atomic E-state index is 0.298. The number of anilines is 1. The van der Waals surface area contributed by atoms with Gasteiger partial charge in [0.1, 0.15) is 12.4 Å². The summed E-state index contributed by atoms with van der Waals surface area (Å²) in [7, 11) is 0. The van der Waals surface area contributed by atoms with Crippen molar-refractivity contribution >= 4 is 5.69 Å². The third-order valence-electron chi connectivity index (χ3n) is 2.51. The molecule has 0 aliphatic rings. The lowest BCUT2D eigenvalue weighted by molar-refractivity contribution is 0.286. The molecule has 2 aromatic rings. The molecule has 2 rings (SSSR count). The maximum atomic E-state index is 5.67. The van der Waals surface area contributed by atoms with Crippen LogP contribution in [0.3, 0.4) is 0 Å². The first-order chi connectivity index (χ1) is 8.66. The number of rotatable bonds is 5. The second-order valence-electron chi connectivity index (χ2n) is 4.34. The summed E-state index contributed by atoms with van der Waals surface area (Å²) in [6, 6.07) is 7.36. The largest absolute Gasteiger partial charge is 0.492 e. The van der Waals surface area contributed by atoms with Gasteiger partial charge in [0.15, 0.2) is 5.82 Å². The highest BCUT2D eigenvalue weighted by molar-refractivity contribution is 5.43. The van der Waals surface area contributed by atoms with Crippen molar-refractivity contribution in [1.82, 2.24) is 20.2 Å². The van der Waals surface area contributed by atoms with E-state index in [0.29, 0.717) is 24.8 Å². The number of hydrogen-bond donors (Lipinski definition) is 1. The van der Waals surface area contributed by atoms with Crippen LogP contribution in [0.2, 0.25) is 0 Å². The number of benzene rings is 1. The molecule has 0 aliphatic carbocycles. The zero-order valence-corrected chi connectivity index (χ0v) is 10.6. The Bertz CT molecular complexity index is 509. The van der Waals surface area contributed by atoms with Gasteiger partial charge < -0.3 is 10.5 Å². The maximum Gasteiger partial charge on any atom is 0.153 e. The highest BCUT2D eigenvalue weighted by Gasteiger charge is 2.09. The minimum Gasteiger partial charge on any atom is -0.492 e. The quantitative estimate of drug-likeness (QED) is 0.809. The predicted octanol–water partition coefficient (Wildman–Crippen LogP) is 1.46. The Morgan fingerprint density at radius 3 is 2.94 bits per heavy atom. The van der Waals surface area contributed by atoms with Crippen molar-refractivity contribution in [1.29, 1.82) is 0 Å². The van der Waals surface area contributed by atoms with Crippen LogP contribution in [0.4, 0.5) is 5.69 Å². The van der Waals surface area contributed by atoms with Crippen LogP contribution >= 0.6 is 0 Å². The molecular weight excluding hydrogens is 230 g/mol. The maximum absolute atomic E-state index is 5.67. The number of nitrogens with zero attached hydrogens (tertiary/aromatic N) is 4. The van der Waals surface area contributed by atoms with Gasteiger partial charge >= 0.3 is 0 Å². The number of hydrogen-bond acceptors (Lipinski definition) is 5. The van der Waals surface area contributed by atoms with Gasteiger partial charge in [0.2, 0.25) is 0 Å². The summed E-state index contributed by atoms with van der Waals surface area (Å²) < 4.78 is 7.36. The van der Waals surface area contributed by atoms with Crippen LogP contribution in [-0.4, -0.2) is 26.8 Å². The first-order valence-corrected chi connectivity index (χ1v) is 5.91. The number of nitrogen functional groups attached to an aromatic ring is 1. The van der Waals surface area contributed by atoms with Crippen molar-refractivity contribution in [2.45, 2.75) is 26.3 Å². The molecule has 6 heteroatoms. The first kappa shape index (κ1) is 12.3. The molecule has 0 radical (unpaired) electrons. The molecule has 0 atom stereocenters. The normalized spacial score (nSPS) is 10.8. The van der Waals surface area contributed by atoms with E-state index in [1.54, 1.807) is 10.7 Å². The Balaban J connectivity index is 1.90. The van der Waals surface area contributed by atoms with E-state index in [9.17, 15) is 0 Å². The van der Waals surface area contributed by atoms with E-state index in [-0.39, 0.29) is 0 Å². The monoisotopic (exact) mass is 247 g/mol. The molecule has 0 saturated heterocycles. The van der Waals surface area contributed by atoms with E-state index in [4.69, 9.17) is 10.5 Å². The summed E-state index contributed by atoms with van der Waals surface area (Å²) >= 11 is 0. The lowest BCUT2D eigenvalue weighted by atomic mass is 10.2. The van der Waals surface area contributed by atoms with Gasteiger partial charge in [-0.15, -0.1) is 5.10 Å². The molecule has 0 saturated carbocycles. The molecule has 1 heterocycles. The SMILES string of the molecule is CC(C)c1nnnn1CCOc1cccc(N)c1. The Labute approximate surface area is 106 Å². The third-order valence-corrected chi connectivity index (χ3v) is 2.51. The van der Waals surface area contributed by atoms with E-state index in [0.717, 1.165) is 11.6 Å². The van der Waals surface area contributed by atoms with E-state index >= 15 is 0 Å². The van der Waals surface area contributed by atoms with Crippen LogP contribution in [0.5, 0.6) is 5.75 Å². The van der Waals surface area contributed by atoms with Crippen molar-refractivity contribution in [2.24, 2.45) is 0 Å². The molecule has 0 spiro atoms. The Morgan fingerprint density at radius 1 is 1.39 bits per heavy atom. The van der Waals surface area contributed by atoms with E-state index in [1.165, 1.54) is 0 Å². The van der Waals surface area contributed by atoms with Gasteiger partial charge in [-0.1, -0.05) is 19.9 Å². The molecule has 0 amide bonds. The van der Waals surface area contributed by atoms with Crippen molar-refractivity contribution in [3.05, 3.63) is 30.1 Å². The van der Waals surface area contributed by atoms with Gasteiger partial charge in [-0.3, -0.25) is 0 Å². The number of ether oxygens (including phenoxy) is 1. The first-order valence-electron chi connectivity index (χ1n) is 5.91. The molecule has 96 valence electrons. The third kappa shape index (κ3) is 2.97. The Morgan fingerprint density at radius 2 is 2.22 bits per heavy atom. The molecular formula is C12H17N5O. The lowest BCUT2D eigenvalue weighted by Crippen LogP contribution is -2.13. The minimum atomic E-state index is 0.298. The Kier molecular flexibility index (Phi) is 3.76. The van der Waals surface area contributed by atoms with Crippen LogP contribution in [0, 0.1) is 0 Å². The zero-order chi connectivity index (χ0) is 13.0. The van der Waals surface area contributed by atoms with Crippen molar-refractivity contribution in [2.75, 3.05) is 12.3 Å². The van der Waals surface area contributed by atoms with Crippen molar-refractivity contribution in [3.63, 3.8) is 0 Å². The van der Waals surface area contributed by atoms with E-state index in [2.05, 4.69) is 29.4 Å². The molecule has 6 nitrogen and oxygen atoms in total. The molecule has 1 aromatic heterocycles. The fourth-order valence-corrected chi connectivity index (χ4v) is 1.64. The van der Waals surface area contributed by atoms with Crippen LogP contribution in [0.25, 0.3) is 0 Å². The van der Waals surface area contributed by atoms with Gasteiger partial charge in [0, 0.05) is 17.7 Å². The highest BCUT2D eigenvalue weighted by atomic mass is 16.5. The average molecular weight is 247 g/mol. The summed E-state index contributed by atoms with van der Waals surface area (Å²) in [4.78, 5) is 0. The molecule has 0 unspecified atom stereocenters. The molecule has 2 N–H and O–H groups in total. The summed E-state index contributed by atoms with van der Waals surface area (Å²) in [6.07, 6.45) is 0. The second-order valence-corrected chi connectivity index (χ2v) is 4.34. The molecule has 18 heavy (non-hydrogen) atoms. The fraction of sp³-hybridized carbons (Fsp3) is 0.417. The number of tetrazole rings is 1. The van der Waals surface area contributed by atoms with E-state index in [1.807, 2.05) is 18.2 Å². The Hall–Kier alpha value is -2.11. The van der Waals surface area contributed by atoms with Crippen LogP contribution in [0.1, 0.15) is 25.6 Å². The van der Waals surface area contributed by atoms with Gasteiger partial charge in [0.05, 0.1) is 6.54 Å². The van der Waals surface area contributed by atoms with Crippen molar-refractivity contribution in [3.8, 4) is 5.75 Å². The molecule has 1 aromatic carbocycles. The van der Waals surface area contributed by atoms with Gasteiger partial charge in [-0.2, -0.15) is 0 Å². The average Bonchev–Trinajstić information content (AvgIpc) is 2.77. The zero-order valence-electron chi connectivity index (χ0n) is 10.6. The summed E-state index contributed by atoms with van der Waals surface area (Å²) in [5.74, 6) is 1.92. The van der Waals surface area contributed by atoms with E-state index < -0.39 is 0 Å². The molecule has 0 aliphatic heterocycles. The summed E-state index contributed by atoms with van der Waals surface area (Å²) in [5.41, 5.74) is 6.36. The van der Waals surface area contributed by atoms with Gasteiger partial charge in [-0.05, 0) is 22.6 Å². The second kappa shape index (κ2) is 5.48. The smallest absolute Gasteiger partial charge is 0.153 e. The fourth-order valence-electron chi connectivity index (χ4n) is 1.64. The molecule has 0 fully saturated rings. The highest BCUT2D eigenvalue weighted by Crippen LogP contribution is 2.14. The van der Waals surface area contributed by atoms with Crippen LogP contribution < -0.4 is 10.5 Å². The number of aromatic nitrogens is 4. The summed E-state index contributed by atoms with van der Waals surface area (Å²) in [5, 5.41) is 11.6.